The highest BCUT2D eigenvalue weighted by Gasteiger charge is 2.27. The van der Waals surface area contributed by atoms with Crippen LogP contribution in [0.4, 0.5) is 0 Å². The predicted octanol–water partition coefficient (Wildman–Crippen LogP) is 37.5. The molecule has 0 heteroatoms. The van der Waals surface area contributed by atoms with Crippen LogP contribution >= 0.6 is 0 Å². The van der Waals surface area contributed by atoms with E-state index in [9.17, 15) is 0 Å². The largest absolute Gasteiger partial charge is 0.0610 e. The molecule has 0 spiro atoms. The fraction of sp³-hybridized carbons (Fsp3) is 0.250. The molecule has 0 atom stereocenters. The van der Waals surface area contributed by atoms with E-state index in [1.54, 1.807) is 0 Å². The van der Waals surface area contributed by atoms with Gasteiger partial charge in [0.05, 0.1) is 0 Å². The fourth-order valence-corrected chi connectivity index (χ4v) is 19.2. The van der Waals surface area contributed by atoms with Gasteiger partial charge in [0.2, 0.25) is 0 Å². The Bertz CT molecular complexity index is 6920. The highest BCUT2D eigenvalue weighted by molar-refractivity contribution is 6.08. The fourth-order valence-electron chi connectivity index (χ4n) is 19.2. The Kier molecular flexibility index (Phi) is 20.3. The molecule has 0 nitrogen and oxygen atoms in total. The molecule has 0 fully saturated rings. The van der Waals surface area contributed by atoms with Crippen LogP contribution in [-0.4, -0.2) is 0 Å². The third kappa shape index (κ3) is 16.9. The Morgan fingerprint density at radius 3 is 0.367 bits per heavy atom. The molecule has 0 aromatic heterocycles. The van der Waals surface area contributed by atoms with Crippen LogP contribution in [0.3, 0.4) is 0 Å². The van der Waals surface area contributed by atoms with Crippen LogP contribution in [-0.2, 0) is 43.3 Å². The van der Waals surface area contributed by atoms with Crippen molar-refractivity contribution in [2.45, 2.75) is 209 Å². The van der Waals surface area contributed by atoms with Crippen LogP contribution in [0.15, 0.2) is 315 Å². The lowest BCUT2D eigenvalue weighted by Crippen LogP contribution is -2.11. The normalized spacial score (nSPS) is 13.0. The molecule has 128 heavy (non-hydrogen) atoms. The van der Waals surface area contributed by atoms with Gasteiger partial charge in [-0.2, -0.15) is 0 Å². The molecule has 2 aliphatic rings. The summed E-state index contributed by atoms with van der Waals surface area (Å²) in [5.74, 6) is 0. The van der Waals surface area contributed by atoms with Gasteiger partial charge in [-0.1, -0.05) is 336 Å². The second-order valence-electron chi connectivity index (χ2n) is 45.9. The van der Waals surface area contributed by atoms with Crippen molar-refractivity contribution in [3.8, 4) is 89.0 Å². The van der Waals surface area contributed by atoms with Crippen LogP contribution in [0.25, 0.3) is 197 Å². The van der Waals surface area contributed by atoms with Crippen molar-refractivity contribution < 1.29 is 0 Å². The molecule has 0 saturated carbocycles. The minimum absolute atomic E-state index is 0.210. The van der Waals surface area contributed by atoms with Gasteiger partial charge in [0, 0.05) is 0 Å². The SMILES string of the molecule is CC(C)(C)c1cc2cc(c1)-c1cc3cc(c1)c1cc(C(C)(C)C)cc(c1)c1cccc(c1)c1cc(C(C)(C)C)cc(c1)c1cc(cc(c1)c1cc4cc(c1)c1cc(C(C)(C)C)cc(c1)c1cccc(c1)c1cc(C(C)(C)C)cc(c1)c1cc(cc3c1)-c1cc(cc(C(C)(C)C)c1)-c1cccc(c1)-c1cc-4cc(C(C)(C)C)c1)-c1cc(cc(C(C)(C)C)c1)-c1cccc-2c1. The first-order chi connectivity index (χ1) is 60.2. The van der Waals surface area contributed by atoms with Crippen molar-refractivity contribution in [1.82, 2.24) is 0 Å². The molecule has 36 bridgehead atoms. The lowest BCUT2D eigenvalue weighted by Gasteiger charge is -2.23. The number of fused-ring (bicyclic) bond motifs is 30. The maximum absolute atomic E-state index is 2.52. The molecule has 0 radical (unpaired) electrons. The Hall–Kier alpha value is -12.5. The molecule has 17 aromatic carbocycles. The van der Waals surface area contributed by atoms with Gasteiger partial charge in [-0.05, 0) is 430 Å². The van der Waals surface area contributed by atoms with Crippen molar-refractivity contribution in [3.63, 3.8) is 0 Å². The molecule has 0 unspecified atom stereocenters. The maximum Gasteiger partial charge on any atom is -0.0131 e. The third-order valence-corrected chi connectivity index (χ3v) is 27.6. The van der Waals surface area contributed by atoms with Crippen LogP contribution in [0.1, 0.15) is 211 Å². The lowest BCUT2D eigenvalue weighted by atomic mass is 9.81. The average molecular weight is 1660 g/mol. The lowest BCUT2D eigenvalue weighted by molar-refractivity contribution is 0.590. The Morgan fingerprint density at radius 1 is 0.0938 bits per heavy atom. The number of rotatable bonds is 0. The van der Waals surface area contributed by atoms with E-state index in [1.165, 1.54) is 176 Å². The van der Waals surface area contributed by atoms with Gasteiger partial charge in [-0.15, -0.1) is 0 Å². The first kappa shape index (κ1) is 85.0. The van der Waals surface area contributed by atoms with Gasteiger partial charge < -0.3 is 0 Å². The van der Waals surface area contributed by atoms with E-state index in [-0.39, 0.29) is 43.3 Å². The van der Waals surface area contributed by atoms with E-state index < -0.39 is 0 Å². The summed E-state index contributed by atoms with van der Waals surface area (Å²) in [7, 11) is 0. The topological polar surface area (TPSA) is 0 Å². The number of hydrogen-bond acceptors (Lipinski definition) is 0. The summed E-state index contributed by atoms with van der Waals surface area (Å²) in [6.07, 6.45) is 0. The van der Waals surface area contributed by atoms with Gasteiger partial charge in [-0.3, -0.25) is 0 Å². The molecular formula is C128H124. The zero-order valence-electron chi connectivity index (χ0n) is 80.0. The van der Waals surface area contributed by atoms with Crippen molar-refractivity contribution in [2.75, 3.05) is 0 Å². The average Bonchev–Trinajstić information content (AvgIpc) is 0.759. The predicted molar refractivity (Wildman–Crippen MR) is 563 cm³/mol. The van der Waals surface area contributed by atoms with Crippen LogP contribution in [0.5, 0.6) is 0 Å². The van der Waals surface area contributed by atoms with Crippen LogP contribution < -0.4 is 0 Å². The summed E-state index contributed by atoms with van der Waals surface area (Å²) < 4.78 is 0. The molecule has 636 valence electrons. The molecule has 0 amide bonds. The van der Waals surface area contributed by atoms with Crippen LogP contribution in [0.2, 0.25) is 0 Å². The van der Waals surface area contributed by atoms with E-state index >= 15 is 0 Å². The second kappa shape index (κ2) is 30.6. The molecule has 0 saturated heterocycles. The molecule has 17 aromatic rings. The molecule has 0 N–H and O–H groups in total. The smallest absolute Gasteiger partial charge is 0.0131 e. The van der Waals surface area contributed by atoms with Crippen molar-refractivity contribution in [3.05, 3.63) is 360 Å². The Labute approximate surface area is 760 Å². The van der Waals surface area contributed by atoms with Crippen molar-refractivity contribution in [1.29, 1.82) is 0 Å². The van der Waals surface area contributed by atoms with E-state index in [0.29, 0.717) is 0 Å². The summed E-state index contributed by atoms with van der Waals surface area (Å²) in [4.78, 5) is 0. The summed E-state index contributed by atoms with van der Waals surface area (Å²) >= 11 is 0. The molecule has 2 aliphatic carbocycles. The number of benzene rings is 16. The van der Waals surface area contributed by atoms with Gasteiger partial charge >= 0.3 is 0 Å². The minimum atomic E-state index is -0.210. The first-order valence-corrected chi connectivity index (χ1v) is 46.6. The molecule has 19 rings (SSSR count). The van der Waals surface area contributed by atoms with E-state index in [4.69, 9.17) is 0 Å². The summed E-state index contributed by atoms with van der Waals surface area (Å²) in [5.41, 5.74) is 27.2. The molecular weight excluding hydrogens is 1540 g/mol. The first-order valence-electron chi connectivity index (χ1n) is 46.6. The zero-order chi connectivity index (χ0) is 90.2. The van der Waals surface area contributed by atoms with E-state index in [2.05, 4.69) is 482 Å². The van der Waals surface area contributed by atoms with Gasteiger partial charge in [-0.25, -0.2) is 0 Å². The van der Waals surface area contributed by atoms with E-state index in [1.807, 2.05) is 0 Å². The summed E-state index contributed by atoms with van der Waals surface area (Å²) in [5, 5.41) is 23.3. The monoisotopic (exact) mass is 1660 g/mol. The third-order valence-electron chi connectivity index (χ3n) is 27.6. The molecule has 0 heterocycles. The molecule has 0 aliphatic heterocycles. The minimum Gasteiger partial charge on any atom is -0.0610 e. The Balaban J connectivity index is 1.13. The summed E-state index contributed by atoms with van der Waals surface area (Å²) in [6, 6.07) is 128. The maximum atomic E-state index is 2.52. The van der Waals surface area contributed by atoms with Crippen molar-refractivity contribution >= 4 is 108 Å². The number of hydrogen-bond donors (Lipinski definition) is 0. The van der Waals surface area contributed by atoms with Crippen molar-refractivity contribution in [2.24, 2.45) is 0 Å². The van der Waals surface area contributed by atoms with Crippen LogP contribution in [0, 0.1) is 0 Å². The highest BCUT2D eigenvalue weighted by Crippen LogP contribution is 2.47. The standard InChI is InChI=1S/C128H124/c1-121(2,3)113-61-97-53-105(69-113)89-41-85-42-90(49-89)106-55-99(63-115(70-106)123(7,8)9)79-31-26-32-80(38-79)102-58-110(74-118(66-102)126(16,17)18)94-46-87(45-93(51-94)107-54-98(62-114(71-107)122(4,5)6)78-30-25-29-77(97)37-78)88-47-95-52-96(48-88)112-60-104(68-120(76-112)128(22,23)24)84-36-28-34-82(40-84)101-57-109(73-117(65-101)125(13,14)15)92-44-86(85)43-91(50-92)108-56-100(64-116(72-108)124(10,11)12)81-33-27-35-83(39-81)103-59-111(95)75-119(67-103)127(19,20)21/h25-76H,1-24H3. The highest BCUT2D eigenvalue weighted by atomic mass is 14.3. The van der Waals surface area contributed by atoms with Gasteiger partial charge in [0.25, 0.3) is 0 Å². The quantitative estimate of drug-likeness (QED) is 0.142. The summed E-state index contributed by atoms with van der Waals surface area (Å²) in [6.45, 7) is 57.1. The van der Waals surface area contributed by atoms with Gasteiger partial charge in [0.1, 0.15) is 0 Å². The Morgan fingerprint density at radius 2 is 0.203 bits per heavy atom. The second-order valence-corrected chi connectivity index (χ2v) is 45.9. The van der Waals surface area contributed by atoms with Gasteiger partial charge in [0.15, 0.2) is 0 Å². The van der Waals surface area contributed by atoms with E-state index in [0.717, 1.165) is 65.3 Å². The zero-order valence-corrected chi connectivity index (χ0v) is 80.0.